The lowest BCUT2D eigenvalue weighted by molar-refractivity contribution is -0.139. The van der Waals surface area contributed by atoms with Gasteiger partial charge in [-0.15, -0.1) is 0 Å². The Morgan fingerprint density at radius 1 is 1.00 bits per heavy atom. The van der Waals surface area contributed by atoms with E-state index in [2.05, 4.69) is 10.5 Å². The van der Waals surface area contributed by atoms with Crippen molar-refractivity contribution in [2.75, 3.05) is 12.1 Å². The number of aromatic nitrogens is 2. The summed E-state index contributed by atoms with van der Waals surface area (Å²) in [5.74, 6) is -1.21. The molecule has 0 radical (unpaired) electrons. The van der Waals surface area contributed by atoms with E-state index in [4.69, 9.17) is 0 Å². The van der Waals surface area contributed by atoms with Gasteiger partial charge in [-0.2, -0.15) is 5.10 Å². The van der Waals surface area contributed by atoms with Gasteiger partial charge in [-0.3, -0.25) is 19.8 Å². The molecule has 2 atom stereocenters. The van der Waals surface area contributed by atoms with E-state index in [0.717, 1.165) is 22.6 Å². The van der Waals surface area contributed by atoms with E-state index < -0.39 is 0 Å². The Morgan fingerprint density at radius 2 is 1.69 bits per heavy atom. The van der Waals surface area contributed by atoms with E-state index in [-0.39, 0.29) is 29.6 Å². The summed E-state index contributed by atoms with van der Waals surface area (Å²) in [6.07, 6.45) is 5.02. The summed E-state index contributed by atoms with van der Waals surface area (Å²) in [5, 5.41) is 5.97. The van der Waals surface area contributed by atoms with Crippen molar-refractivity contribution in [1.29, 1.82) is 0 Å². The fourth-order valence-corrected chi connectivity index (χ4v) is 5.01. The van der Waals surface area contributed by atoms with Crippen molar-refractivity contribution < 1.29 is 14.4 Å². The van der Waals surface area contributed by atoms with E-state index >= 15 is 0 Å². The second kappa shape index (κ2) is 9.45. The molecule has 1 N–H and O–H groups in total. The minimum atomic E-state index is -0.377. The van der Waals surface area contributed by atoms with E-state index in [1.54, 1.807) is 36.2 Å². The summed E-state index contributed by atoms with van der Waals surface area (Å²) in [7, 11) is 1.75. The van der Waals surface area contributed by atoms with Gasteiger partial charge in [0.15, 0.2) is 0 Å². The van der Waals surface area contributed by atoms with Gasteiger partial charge < -0.3 is 4.90 Å². The van der Waals surface area contributed by atoms with Crippen LogP contribution in [0, 0.1) is 25.7 Å². The molecule has 1 aliphatic carbocycles. The first kappa shape index (κ1) is 23.5. The Bertz CT molecular complexity index is 1360. The molecule has 3 amide bonds. The largest absolute Gasteiger partial charge is 0.337 e. The lowest BCUT2D eigenvalue weighted by Gasteiger charge is -2.38. The lowest BCUT2D eigenvalue weighted by Crippen LogP contribution is -2.59. The second-order valence-electron chi connectivity index (χ2n) is 9.41. The Kier molecular flexibility index (Phi) is 6.18. The molecule has 0 spiro atoms. The van der Waals surface area contributed by atoms with Gasteiger partial charge in [0.2, 0.25) is 11.8 Å². The van der Waals surface area contributed by atoms with Crippen LogP contribution in [0.15, 0.2) is 66.7 Å². The number of nitrogens with zero attached hydrogens (tertiary/aromatic N) is 4. The first-order valence-electron chi connectivity index (χ1n) is 12.1. The predicted octanol–water partition coefficient (Wildman–Crippen LogP) is 3.72. The molecule has 36 heavy (non-hydrogen) atoms. The van der Waals surface area contributed by atoms with Crippen LogP contribution in [0.1, 0.15) is 40.2 Å². The number of nitrogens with one attached hydrogen (secondary N) is 1. The van der Waals surface area contributed by atoms with Gasteiger partial charge in [-0.05, 0) is 57.0 Å². The number of allylic oxidation sites excluding steroid dienone is 2. The quantitative estimate of drug-likeness (QED) is 0.561. The molecule has 0 unspecified atom stereocenters. The van der Waals surface area contributed by atoms with Crippen molar-refractivity contribution in [3.63, 3.8) is 0 Å². The van der Waals surface area contributed by atoms with Crippen LogP contribution in [0.25, 0.3) is 5.69 Å². The zero-order valence-corrected chi connectivity index (χ0v) is 20.6. The standard InChI is InChI=1S/C28H29N5O3/c1-18-25(19(2)32(29-18)21-11-5-4-6-12-21)17-31(3)27(35)20-10-9-13-22(16-20)33-28(36)24-15-8-7-14-23(24)26(34)30-33/h4-13,16,23-24H,14-15,17H2,1-3H3,(H,30,34)/t23-,24-/m1/s1. The van der Waals surface area contributed by atoms with Crippen molar-refractivity contribution in [2.24, 2.45) is 11.8 Å². The number of hydrogen-bond acceptors (Lipinski definition) is 4. The molecule has 8 nitrogen and oxygen atoms in total. The summed E-state index contributed by atoms with van der Waals surface area (Å²) in [6, 6.07) is 16.7. The molecule has 1 aliphatic heterocycles. The van der Waals surface area contributed by atoms with E-state index in [1.165, 1.54) is 5.01 Å². The number of fused-ring (bicyclic) bond motifs is 1. The fraction of sp³-hybridized carbons (Fsp3) is 0.286. The number of carbonyl (C=O) groups excluding carboxylic acids is 3. The number of para-hydroxylation sites is 1. The molecule has 1 fully saturated rings. The Morgan fingerprint density at radius 3 is 2.44 bits per heavy atom. The van der Waals surface area contributed by atoms with Gasteiger partial charge in [0.1, 0.15) is 0 Å². The maximum Gasteiger partial charge on any atom is 0.253 e. The average Bonchev–Trinajstić information content (AvgIpc) is 3.19. The van der Waals surface area contributed by atoms with Crippen LogP contribution in [-0.4, -0.2) is 39.4 Å². The normalized spacial score (nSPS) is 19.1. The third-order valence-electron chi connectivity index (χ3n) is 7.06. The van der Waals surface area contributed by atoms with Crippen LogP contribution < -0.4 is 10.4 Å². The van der Waals surface area contributed by atoms with Crippen LogP contribution in [-0.2, 0) is 16.1 Å². The van der Waals surface area contributed by atoms with E-state index in [9.17, 15) is 14.4 Å². The van der Waals surface area contributed by atoms with Crippen molar-refractivity contribution in [1.82, 2.24) is 20.1 Å². The summed E-state index contributed by atoms with van der Waals surface area (Å²) in [4.78, 5) is 40.8. The highest BCUT2D eigenvalue weighted by molar-refractivity contribution is 6.05. The SMILES string of the molecule is Cc1nn(-c2ccccc2)c(C)c1CN(C)C(=O)c1cccc(N2NC(=O)[C@@H]3CC=CC[C@H]3C2=O)c1. The van der Waals surface area contributed by atoms with Gasteiger partial charge in [0.05, 0.1) is 28.9 Å². The number of amides is 3. The molecule has 184 valence electrons. The number of rotatable bonds is 5. The van der Waals surface area contributed by atoms with Crippen LogP contribution in [0.5, 0.6) is 0 Å². The summed E-state index contributed by atoms with van der Waals surface area (Å²) >= 11 is 0. The Labute approximate surface area is 210 Å². The predicted molar refractivity (Wildman–Crippen MR) is 136 cm³/mol. The molecular weight excluding hydrogens is 454 g/mol. The number of anilines is 1. The molecule has 1 saturated heterocycles. The molecule has 1 aromatic heterocycles. The fourth-order valence-electron chi connectivity index (χ4n) is 5.01. The van der Waals surface area contributed by atoms with Crippen molar-refractivity contribution >= 4 is 23.4 Å². The van der Waals surface area contributed by atoms with E-state index in [1.807, 2.05) is 61.0 Å². The third kappa shape index (κ3) is 4.19. The second-order valence-corrected chi connectivity index (χ2v) is 9.41. The van der Waals surface area contributed by atoms with Crippen LogP contribution in [0.2, 0.25) is 0 Å². The topological polar surface area (TPSA) is 87.5 Å². The summed E-state index contributed by atoms with van der Waals surface area (Å²) in [6.45, 7) is 4.34. The highest BCUT2D eigenvalue weighted by atomic mass is 16.2. The molecule has 0 saturated carbocycles. The number of hydrazine groups is 1. The third-order valence-corrected chi connectivity index (χ3v) is 7.06. The van der Waals surface area contributed by atoms with Gasteiger partial charge in [0.25, 0.3) is 5.91 Å². The first-order chi connectivity index (χ1) is 17.3. The molecular formula is C28H29N5O3. The number of carbonyl (C=O) groups is 3. The summed E-state index contributed by atoms with van der Waals surface area (Å²) < 4.78 is 1.89. The zero-order chi connectivity index (χ0) is 25.4. The highest BCUT2D eigenvalue weighted by Crippen LogP contribution is 2.32. The van der Waals surface area contributed by atoms with Crippen molar-refractivity contribution in [3.8, 4) is 5.69 Å². The van der Waals surface area contributed by atoms with Gasteiger partial charge >= 0.3 is 0 Å². The molecule has 0 bridgehead atoms. The van der Waals surface area contributed by atoms with Crippen LogP contribution in [0.4, 0.5) is 5.69 Å². The minimum absolute atomic E-state index is 0.151. The van der Waals surface area contributed by atoms with Gasteiger partial charge in [-0.25, -0.2) is 9.69 Å². The molecule has 2 aromatic carbocycles. The first-order valence-corrected chi connectivity index (χ1v) is 12.1. The van der Waals surface area contributed by atoms with Crippen LogP contribution >= 0.6 is 0 Å². The summed E-state index contributed by atoms with van der Waals surface area (Å²) in [5.41, 5.74) is 7.43. The maximum atomic E-state index is 13.4. The molecule has 2 heterocycles. The maximum absolute atomic E-state index is 13.4. The molecule has 3 aromatic rings. The smallest absolute Gasteiger partial charge is 0.253 e. The van der Waals surface area contributed by atoms with E-state index in [0.29, 0.717) is 30.6 Å². The Balaban J connectivity index is 1.35. The minimum Gasteiger partial charge on any atom is -0.337 e. The molecule has 2 aliphatic rings. The number of aryl methyl sites for hydroxylation is 1. The highest BCUT2D eigenvalue weighted by Gasteiger charge is 2.42. The van der Waals surface area contributed by atoms with Crippen molar-refractivity contribution in [3.05, 3.63) is 89.3 Å². The van der Waals surface area contributed by atoms with Gasteiger partial charge in [0, 0.05) is 30.4 Å². The monoisotopic (exact) mass is 483 g/mol. The van der Waals surface area contributed by atoms with Crippen LogP contribution in [0.3, 0.4) is 0 Å². The van der Waals surface area contributed by atoms with Crippen molar-refractivity contribution in [2.45, 2.75) is 33.2 Å². The average molecular weight is 484 g/mol. The number of hydrogen-bond donors (Lipinski definition) is 1. The number of benzene rings is 2. The molecule has 5 rings (SSSR count). The van der Waals surface area contributed by atoms with Gasteiger partial charge in [-0.1, -0.05) is 36.4 Å². The Hall–Kier alpha value is -4.20. The lowest BCUT2D eigenvalue weighted by atomic mass is 9.80. The zero-order valence-electron chi connectivity index (χ0n) is 20.6. The molecule has 8 heteroatoms.